The van der Waals surface area contributed by atoms with Crippen molar-refractivity contribution >= 4 is 69.9 Å². The minimum Gasteiger partial charge on any atom is -0.465 e. The maximum absolute atomic E-state index is 11.9. The Morgan fingerprint density at radius 1 is 0.833 bits per heavy atom. The van der Waals surface area contributed by atoms with Crippen LogP contribution in [0.25, 0.3) is 0 Å². The maximum atomic E-state index is 11.9. The predicted octanol–water partition coefficient (Wildman–Crippen LogP) is 6.23. The molecule has 0 aliphatic heterocycles. The van der Waals surface area contributed by atoms with Crippen molar-refractivity contribution in [3.8, 4) is 5.75 Å². The smallest absolute Gasteiger partial charge is 0.311 e. The summed E-state index contributed by atoms with van der Waals surface area (Å²) in [6.45, 7) is 4.21. The summed E-state index contributed by atoms with van der Waals surface area (Å²) in [4.78, 5) is 23.3. The molecule has 9 heteroatoms. The highest BCUT2D eigenvalue weighted by molar-refractivity contribution is 6.55. The third kappa shape index (κ3) is 6.16. The summed E-state index contributed by atoms with van der Waals surface area (Å²) in [5.74, 6) is -0.914. The minimum absolute atomic E-state index is 0.0265. The summed E-state index contributed by atoms with van der Waals surface area (Å²) in [5, 5.41) is -0.372. The van der Waals surface area contributed by atoms with E-state index in [1.54, 1.807) is 0 Å². The Kier molecular flexibility index (Phi) is 8.96. The van der Waals surface area contributed by atoms with E-state index in [9.17, 15) is 9.59 Å². The molecule has 0 amide bonds. The van der Waals surface area contributed by atoms with E-state index in [2.05, 4.69) is 0 Å². The van der Waals surface area contributed by atoms with Crippen LogP contribution in [0.2, 0.25) is 25.1 Å². The fourth-order valence-electron chi connectivity index (χ4n) is 1.55. The lowest BCUT2D eigenvalue weighted by atomic mass is 10.2. The lowest BCUT2D eigenvalue weighted by molar-refractivity contribution is -0.145. The number of benzene rings is 1. The molecule has 0 N–H and O–H groups in total. The molecule has 0 atom stereocenters. The second-order valence-electron chi connectivity index (χ2n) is 5.30. The van der Waals surface area contributed by atoms with E-state index in [-0.39, 0.29) is 62.0 Å². The van der Waals surface area contributed by atoms with Gasteiger partial charge in [0.05, 0.1) is 21.7 Å². The largest absolute Gasteiger partial charge is 0.465 e. The summed E-state index contributed by atoms with van der Waals surface area (Å²) in [7, 11) is 0. The third-order valence-electron chi connectivity index (χ3n) is 2.72. The monoisotopic (exact) mass is 434 g/mol. The highest BCUT2D eigenvalue weighted by Gasteiger charge is 2.22. The fraction of sp³-hybridized carbons (Fsp3) is 0.467. The average Bonchev–Trinajstić information content (AvgIpc) is 2.53. The van der Waals surface area contributed by atoms with Crippen LogP contribution in [0.3, 0.4) is 0 Å². The van der Waals surface area contributed by atoms with Crippen molar-refractivity contribution in [2.75, 3.05) is 6.61 Å². The molecule has 0 aliphatic rings. The van der Waals surface area contributed by atoms with Gasteiger partial charge in [-0.3, -0.25) is 9.59 Å². The maximum Gasteiger partial charge on any atom is 0.311 e. The first kappa shape index (κ1) is 21.7. The first-order valence-electron chi connectivity index (χ1n) is 7.02. The Labute approximate surface area is 165 Å². The van der Waals surface area contributed by atoms with E-state index < -0.39 is 5.97 Å². The van der Waals surface area contributed by atoms with Crippen molar-refractivity contribution in [2.24, 2.45) is 5.92 Å². The van der Waals surface area contributed by atoms with Crippen molar-refractivity contribution in [1.82, 2.24) is 0 Å². The highest BCUT2D eigenvalue weighted by Crippen LogP contribution is 2.48. The van der Waals surface area contributed by atoms with E-state index >= 15 is 0 Å². The van der Waals surface area contributed by atoms with Crippen molar-refractivity contribution in [1.29, 1.82) is 0 Å². The second kappa shape index (κ2) is 9.93. The van der Waals surface area contributed by atoms with Gasteiger partial charge in [0.15, 0.2) is 5.75 Å². The minimum atomic E-state index is -0.634. The number of esters is 2. The number of hydrogen-bond acceptors (Lipinski definition) is 4. The number of hydrogen-bond donors (Lipinski definition) is 0. The van der Waals surface area contributed by atoms with Crippen LogP contribution in [-0.4, -0.2) is 18.5 Å². The number of carbonyl (C=O) groups is 2. The molecule has 0 aromatic heterocycles. The van der Waals surface area contributed by atoms with Gasteiger partial charge in [0.25, 0.3) is 0 Å². The molecule has 0 aliphatic carbocycles. The van der Waals surface area contributed by atoms with Gasteiger partial charge in [-0.25, -0.2) is 0 Å². The molecule has 0 heterocycles. The molecule has 0 saturated carbocycles. The first-order valence-corrected chi connectivity index (χ1v) is 8.91. The van der Waals surface area contributed by atoms with Crippen LogP contribution in [0.15, 0.2) is 0 Å². The number of halogens is 5. The van der Waals surface area contributed by atoms with Crippen LogP contribution in [0, 0.1) is 5.92 Å². The van der Waals surface area contributed by atoms with Gasteiger partial charge < -0.3 is 9.47 Å². The lowest BCUT2D eigenvalue weighted by Gasteiger charge is -2.12. The number of rotatable bonds is 7. The van der Waals surface area contributed by atoms with Crippen molar-refractivity contribution in [2.45, 2.75) is 33.1 Å². The first-order chi connectivity index (χ1) is 11.1. The van der Waals surface area contributed by atoms with E-state index in [1.807, 2.05) is 13.8 Å². The zero-order valence-corrected chi connectivity index (χ0v) is 16.7. The molecule has 4 nitrogen and oxygen atoms in total. The quantitative estimate of drug-likeness (QED) is 0.220. The SMILES string of the molecule is CC(C)COC(=O)CCCC(=O)Oc1c(Cl)c(Cl)c(Cl)c(Cl)c1Cl. The molecule has 1 aromatic carbocycles. The molecular formula is C15H15Cl5O4. The highest BCUT2D eigenvalue weighted by atomic mass is 35.5. The molecule has 134 valence electrons. The van der Waals surface area contributed by atoms with Gasteiger partial charge in [0.1, 0.15) is 10.0 Å². The van der Waals surface area contributed by atoms with Gasteiger partial charge in [0, 0.05) is 12.8 Å². The zero-order chi connectivity index (χ0) is 18.4. The Bertz CT molecular complexity index is 602. The Hall–Kier alpha value is -0.390. The molecule has 1 aromatic rings. The Morgan fingerprint density at radius 3 is 1.79 bits per heavy atom. The summed E-state index contributed by atoms with van der Waals surface area (Å²) >= 11 is 29.6. The number of ether oxygens (including phenoxy) is 2. The predicted molar refractivity (Wildman–Crippen MR) is 96.8 cm³/mol. The van der Waals surface area contributed by atoms with Crippen LogP contribution in [-0.2, 0) is 14.3 Å². The van der Waals surface area contributed by atoms with Crippen LogP contribution >= 0.6 is 58.0 Å². The van der Waals surface area contributed by atoms with E-state index in [4.69, 9.17) is 67.5 Å². The van der Waals surface area contributed by atoms with Gasteiger partial charge in [0.2, 0.25) is 0 Å². The molecule has 0 fully saturated rings. The van der Waals surface area contributed by atoms with Gasteiger partial charge in [-0.15, -0.1) is 0 Å². The summed E-state index contributed by atoms with van der Waals surface area (Å²) in [6, 6.07) is 0. The molecule has 0 unspecified atom stereocenters. The molecule has 0 radical (unpaired) electrons. The second-order valence-corrected chi connectivity index (χ2v) is 7.19. The van der Waals surface area contributed by atoms with Gasteiger partial charge in [-0.1, -0.05) is 71.9 Å². The number of carbonyl (C=O) groups excluding carboxylic acids is 2. The summed E-state index contributed by atoms with van der Waals surface area (Å²) in [5.41, 5.74) is 0. The van der Waals surface area contributed by atoms with E-state index in [0.29, 0.717) is 6.61 Å². The molecule has 1 rings (SSSR count). The molecule has 0 saturated heterocycles. The topological polar surface area (TPSA) is 52.6 Å². The van der Waals surface area contributed by atoms with Crippen molar-refractivity contribution in [3.63, 3.8) is 0 Å². The van der Waals surface area contributed by atoms with Crippen LogP contribution in [0.5, 0.6) is 5.75 Å². The Balaban J connectivity index is 2.59. The van der Waals surface area contributed by atoms with E-state index in [1.165, 1.54) is 0 Å². The van der Waals surface area contributed by atoms with Crippen molar-refractivity contribution < 1.29 is 19.1 Å². The summed E-state index contributed by atoms with van der Waals surface area (Å²) < 4.78 is 10.1. The van der Waals surface area contributed by atoms with E-state index in [0.717, 1.165) is 0 Å². The standard InChI is InChI=1S/C15H15Cl5O4/c1-7(2)6-23-8(21)4-3-5-9(22)24-15-13(19)11(17)10(16)12(18)14(15)20/h7H,3-6H2,1-2H3. The van der Waals surface area contributed by atoms with Gasteiger partial charge in [-0.2, -0.15) is 0 Å². The summed E-state index contributed by atoms with van der Waals surface area (Å²) in [6.07, 6.45) is 0.340. The van der Waals surface area contributed by atoms with Crippen molar-refractivity contribution in [3.05, 3.63) is 25.1 Å². The van der Waals surface area contributed by atoms with Crippen LogP contribution in [0.1, 0.15) is 33.1 Å². The van der Waals surface area contributed by atoms with Gasteiger partial charge in [-0.05, 0) is 12.3 Å². The van der Waals surface area contributed by atoms with Crippen LogP contribution < -0.4 is 4.74 Å². The normalized spacial score (nSPS) is 10.8. The average molecular weight is 437 g/mol. The lowest BCUT2D eigenvalue weighted by Crippen LogP contribution is -2.12. The molecule has 24 heavy (non-hydrogen) atoms. The molecular weight excluding hydrogens is 421 g/mol. The zero-order valence-electron chi connectivity index (χ0n) is 12.9. The fourth-order valence-corrected chi connectivity index (χ4v) is 2.75. The van der Waals surface area contributed by atoms with Gasteiger partial charge >= 0.3 is 11.9 Å². The third-order valence-corrected chi connectivity index (χ3v) is 4.97. The van der Waals surface area contributed by atoms with Crippen LogP contribution in [0.4, 0.5) is 0 Å². The molecule has 0 bridgehead atoms. The molecule has 0 spiro atoms. The Morgan fingerprint density at radius 2 is 1.29 bits per heavy atom.